The van der Waals surface area contributed by atoms with Gasteiger partial charge in [0.05, 0.1) is 16.8 Å². The quantitative estimate of drug-likeness (QED) is 0.779. The maximum Gasteiger partial charge on any atom is 0.232 e. The van der Waals surface area contributed by atoms with Crippen molar-refractivity contribution in [3.05, 3.63) is 24.0 Å². The maximum absolute atomic E-state index is 14.0. The highest BCUT2D eigenvalue weighted by atomic mass is 19.1. The van der Waals surface area contributed by atoms with E-state index in [-0.39, 0.29) is 17.1 Å². The molecule has 0 saturated heterocycles. The Morgan fingerprint density at radius 3 is 2.74 bits per heavy atom. The van der Waals surface area contributed by atoms with Gasteiger partial charge in [-0.2, -0.15) is 0 Å². The van der Waals surface area contributed by atoms with Gasteiger partial charge < -0.3 is 10.2 Å². The first-order chi connectivity index (χ1) is 9.12. The van der Waals surface area contributed by atoms with E-state index < -0.39 is 0 Å². The summed E-state index contributed by atoms with van der Waals surface area (Å²) in [6.07, 6.45) is 5.16. The highest BCUT2D eigenvalue weighted by Gasteiger charge is 2.43. The predicted octanol–water partition coefficient (Wildman–Crippen LogP) is 3.16. The van der Waals surface area contributed by atoms with E-state index in [1.54, 1.807) is 12.1 Å². The summed E-state index contributed by atoms with van der Waals surface area (Å²) in [7, 11) is 1.87. The van der Waals surface area contributed by atoms with Crippen molar-refractivity contribution in [3.63, 3.8) is 0 Å². The van der Waals surface area contributed by atoms with Crippen LogP contribution < -0.4 is 10.2 Å². The van der Waals surface area contributed by atoms with Crippen molar-refractivity contribution >= 4 is 17.3 Å². The number of carbonyl (C=O) groups is 1. The molecule has 1 spiro atoms. The van der Waals surface area contributed by atoms with E-state index in [0.717, 1.165) is 25.7 Å². The fourth-order valence-corrected chi connectivity index (χ4v) is 3.48. The lowest BCUT2D eigenvalue weighted by atomic mass is 9.73. The molecule has 1 saturated carbocycles. The molecule has 0 atom stereocenters. The molecule has 1 aliphatic heterocycles. The van der Waals surface area contributed by atoms with Gasteiger partial charge in [-0.15, -0.1) is 0 Å². The molecular weight excluding hydrogens is 243 g/mol. The van der Waals surface area contributed by atoms with Crippen molar-refractivity contribution in [2.45, 2.75) is 32.1 Å². The standard InChI is InChI=1S/C15H19FN2O/c1-18-10-15(8-3-2-4-9-15)14(19)17-12-7-5-6-11(16)13(12)18/h5-7H,2-4,8-10H2,1H3,(H,17,19). The monoisotopic (exact) mass is 262 g/mol. The van der Waals surface area contributed by atoms with Crippen LogP contribution in [-0.2, 0) is 4.79 Å². The first kappa shape index (κ1) is 12.5. The van der Waals surface area contributed by atoms with Crippen molar-refractivity contribution in [2.24, 2.45) is 5.41 Å². The number of amides is 1. The van der Waals surface area contributed by atoms with Crippen molar-refractivity contribution in [3.8, 4) is 0 Å². The van der Waals surface area contributed by atoms with E-state index in [2.05, 4.69) is 5.32 Å². The molecule has 1 amide bonds. The third kappa shape index (κ3) is 1.99. The van der Waals surface area contributed by atoms with Crippen molar-refractivity contribution in [1.29, 1.82) is 0 Å². The minimum atomic E-state index is -0.349. The molecule has 1 aliphatic carbocycles. The summed E-state index contributed by atoms with van der Waals surface area (Å²) in [5, 5.41) is 2.93. The minimum Gasteiger partial charge on any atom is -0.369 e. The Morgan fingerprint density at radius 2 is 2.00 bits per heavy atom. The van der Waals surface area contributed by atoms with Gasteiger partial charge in [0.25, 0.3) is 0 Å². The molecule has 1 fully saturated rings. The molecule has 3 nitrogen and oxygen atoms in total. The number of nitrogens with zero attached hydrogens (tertiary/aromatic N) is 1. The van der Waals surface area contributed by atoms with Gasteiger partial charge in [-0.05, 0) is 25.0 Å². The van der Waals surface area contributed by atoms with Gasteiger partial charge in [-0.3, -0.25) is 4.79 Å². The summed E-state index contributed by atoms with van der Waals surface area (Å²) < 4.78 is 14.0. The van der Waals surface area contributed by atoms with Crippen LogP contribution in [-0.4, -0.2) is 19.5 Å². The topological polar surface area (TPSA) is 32.3 Å². The molecule has 2 aliphatic rings. The van der Waals surface area contributed by atoms with Gasteiger partial charge in [0.2, 0.25) is 5.91 Å². The maximum atomic E-state index is 14.0. The van der Waals surface area contributed by atoms with Gasteiger partial charge >= 0.3 is 0 Å². The fraction of sp³-hybridized carbons (Fsp3) is 0.533. The Bertz CT molecular complexity index is 509. The highest BCUT2D eigenvalue weighted by Crippen LogP contribution is 2.43. The summed E-state index contributed by atoms with van der Waals surface area (Å²) in [5.74, 6) is -0.212. The van der Waals surface area contributed by atoms with Crippen LogP contribution in [0.3, 0.4) is 0 Å². The first-order valence-electron chi connectivity index (χ1n) is 6.93. The van der Waals surface area contributed by atoms with Gasteiger partial charge in [0.15, 0.2) is 0 Å². The lowest BCUT2D eigenvalue weighted by molar-refractivity contribution is -0.126. The summed E-state index contributed by atoms with van der Waals surface area (Å²) in [6.45, 7) is 0.604. The SMILES string of the molecule is CN1CC2(CCCCC2)C(=O)Nc2cccc(F)c21. The second kappa shape index (κ2) is 4.51. The lowest BCUT2D eigenvalue weighted by Gasteiger charge is -2.36. The van der Waals surface area contributed by atoms with Crippen LogP contribution in [0.5, 0.6) is 0 Å². The number of nitrogens with one attached hydrogen (secondary N) is 1. The normalized spacial score (nSPS) is 21.8. The van der Waals surface area contributed by atoms with E-state index in [1.165, 1.54) is 12.5 Å². The number of carbonyl (C=O) groups excluding carboxylic acids is 1. The lowest BCUT2D eigenvalue weighted by Crippen LogP contribution is -2.44. The minimum absolute atomic E-state index is 0.0587. The molecule has 1 N–H and O–H groups in total. The molecule has 1 aromatic rings. The highest BCUT2D eigenvalue weighted by molar-refractivity contribution is 6.00. The Balaban J connectivity index is 2.02. The number of fused-ring (bicyclic) bond motifs is 1. The summed E-state index contributed by atoms with van der Waals surface area (Å²) >= 11 is 0. The Morgan fingerprint density at radius 1 is 1.26 bits per heavy atom. The van der Waals surface area contributed by atoms with Gasteiger partial charge in [0.1, 0.15) is 5.82 Å². The number of halogens is 1. The summed E-state index contributed by atoms with van der Waals surface area (Å²) in [4.78, 5) is 14.4. The summed E-state index contributed by atoms with van der Waals surface area (Å²) in [5.41, 5.74) is 0.756. The van der Waals surface area contributed by atoms with E-state index >= 15 is 0 Å². The number of hydrogen-bond acceptors (Lipinski definition) is 2. The molecule has 0 radical (unpaired) electrons. The second-order valence-corrected chi connectivity index (χ2v) is 5.79. The van der Waals surface area contributed by atoms with Crippen molar-refractivity contribution < 1.29 is 9.18 Å². The largest absolute Gasteiger partial charge is 0.369 e. The van der Waals surface area contributed by atoms with Crippen LogP contribution in [0.25, 0.3) is 0 Å². The molecular formula is C15H19FN2O. The molecule has 4 heteroatoms. The third-order valence-electron chi connectivity index (χ3n) is 4.45. The predicted molar refractivity (Wildman–Crippen MR) is 73.8 cm³/mol. The zero-order chi connectivity index (χ0) is 13.5. The van der Waals surface area contributed by atoms with E-state index in [1.807, 2.05) is 11.9 Å². The van der Waals surface area contributed by atoms with E-state index in [9.17, 15) is 9.18 Å². The zero-order valence-corrected chi connectivity index (χ0v) is 11.2. The van der Waals surface area contributed by atoms with Crippen molar-refractivity contribution in [2.75, 3.05) is 23.8 Å². The fourth-order valence-electron chi connectivity index (χ4n) is 3.48. The van der Waals surface area contributed by atoms with Crippen LogP contribution in [0, 0.1) is 11.2 Å². The molecule has 0 bridgehead atoms. The molecule has 19 heavy (non-hydrogen) atoms. The smallest absolute Gasteiger partial charge is 0.232 e. The molecule has 3 rings (SSSR count). The number of rotatable bonds is 0. The number of hydrogen-bond donors (Lipinski definition) is 1. The summed E-state index contributed by atoms with van der Waals surface area (Å²) in [6, 6.07) is 4.86. The van der Waals surface area contributed by atoms with Crippen LogP contribution in [0.2, 0.25) is 0 Å². The van der Waals surface area contributed by atoms with Crippen LogP contribution in [0.4, 0.5) is 15.8 Å². The average molecular weight is 262 g/mol. The van der Waals surface area contributed by atoms with Crippen LogP contribution >= 0.6 is 0 Å². The van der Waals surface area contributed by atoms with Gasteiger partial charge in [-0.25, -0.2) is 4.39 Å². The molecule has 1 heterocycles. The number of benzene rings is 1. The number of anilines is 2. The van der Waals surface area contributed by atoms with Gasteiger partial charge in [0, 0.05) is 13.6 Å². The molecule has 1 aromatic carbocycles. The Labute approximate surface area is 112 Å². The van der Waals surface area contributed by atoms with E-state index in [4.69, 9.17) is 0 Å². The number of para-hydroxylation sites is 1. The van der Waals surface area contributed by atoms with Crippen LogP contribution in [0.1, 0.15) is 32.1 Å². The molecule has 0 unspecified atom stereocenters. The molecule has 102 valence electrons. The van der Waals surface area contributed by atoms with E-state index in [0.29, 0.717) is 17.9 Å². The molecule has 0 aromatic heterocycles. The second-order valence-electron chi connectivity index (χ2n) is 5.79. The first-order valence-corrected chi connectivity index (χ1v) is 6.93. The van der Waals surface area contributed by atoms with Gasteiger partial charge in [-0.1, -0.05) is 25.3 Å². The van der Waals surface area contributed by atoms with Crippen molar-refractivity contribution in [1.82, 2.24) is 0 Å². The van der Waals surface area contributed by atoms with Crippen LogP contribution in [0.15, 0.2) is 18.2 Å². The third-order valence-corrected chi connectivity index (χ3v) is 4.45. The zero-order valence-electron chi connectivity index (χ0n) is 11.2. The Hall–Kier alpha value is -1.58. The average Bonchev–Trinajstić information content (AvgIpc) is 2.48. The Kier molecular flexibility index (Phi) is 2.96.